The average molecular weight is 457 g/mol. The van der Waals surface area contributed by atoms with E-state index in [1.807, 2.05) is 37.3 Å². The third-order valence-electron chi connectivity index (χ3n) is 4.56. The minimum atomic E-state index is -0.323. The summed E-state index contributed by atoms with van der Waals surface area (Å²) in [6.45, 7) is 1.69. The maximum Gasteiger partial charge on any atom is 0.262 e. The Morgan fingerprint density at radius 3 is 2.42 bits per heavy atom. The highest BCUT2D eigenvalue weighted by molar-refractivity contribution is 6.35. The van der Waals surface area contributed by atoms with Gasteiger partial charge in [0, 0.05) is 10.7 Å². The summed E-state index contributed by atoms with van der Waals surface area (Å²) in [6.07, 6.45) is 0. The lowest BCUT2D eigenvalue weighted by Gasteiger charge is -2.10. The van der Waals surface area contributed by atoms with Crippen LogP contribution >= 0.6 is 23.2 Å². The summed E-state index contributed by atoms with van der Waals surface area (Å²) in [5.41, 5.74) is 3.65. The minimum Gasteiger partial charge on any atom is -0.497 e. The predicted octanol–water partition coefficient (Wildman–Crippen LogP) is 5.06. The van der Waals surface area contributed by atoms with Gasteiger partial charge >= 0.3 is 0 Å². The number of rotatable bonds is 6. The fourth-order valence-corrected chi connectivity index (χ4v) is 3.42. The first-order valence-corrected chi connectivity index (χ1v) is 10.1. The number of carbonyl (C=O) groups is 1. The molecule has 9 heteroatoms. The van der Waals surface area contributed by atoms with Crippen molar-refractivity contribution in [1.82, 2.24) is 15.0 Å². The minimum absolute atomic E-state index is 0.197. The van der Waals surface area contributed by atoms with Gasteiger partial charge in [0.2, 0.25) is 0 Å². The molecular weight excluding hydrogens is 439 g/mol. The number of hydrogen-bond donors (Lipinski definition) is 1. The van der Waals surface area contributed by atoms with Gasteiger partial charge in [0.1, 0.15) is 22.5 Å². The molecule has 0 aliphatic carbocycles. The molecule has 0 unspecified atom stereocenters. The molecule has 0 saturated carbocycles. The van der Waals surface area contributed by atoms with Gasteiger partial charge in [0.25, 0.3) is 5.91 Å². The average Bonchev–Trinajstić information content (AvgIpc) is 3.16. The largest absolute Gasteiger partial charge is 0.497 e. The number of aryl methyl sites for hydroxylation is 1. The second kappa shape index (κ2) is 8.83. The van der Waals surface area contributed by atoms with Crippen molar-refractivity contribution in [3.8, 4) is 17.2 Å². The molecule has 7 nitrogen and oxygen atoms in total. The number of amides is 1. The summed E-state index contributed by atoms with van der Waals surface area (Å²) in [6, 6.07) is 15.9. The topological polar surface area (TPSA) is 78.3 Å². The number of methoxy groups -OCH3 is 1. The highest BCUT2D eigenvalue weighted by atomic mass is 35.5. The number of benzene rings is 3. The van der Waals surface area contributed by atoms with Crippen LogP contribution < -0.4 is 14.8 Å². The van der Waals surface area contributed by atoms with E-state index in [2.05, 4.69) is 15.5 Å². The van der Waals surface area contributed by atoms with Gasteiger partial charge in [-0.1, -0.05) is 23.2 Å². The molecule has 31 heavy (non-hydrogen) atoms. The van der Waals surface area contributed by atoms with Gasteiger partial charge in [0.15, 0.2) is 6.61 Å². The van der Waals surface area contributed by atoms with E-state index in [1.54, 1.807) is 36.2 Å². The number of aromatic nitrogens is 3. The zero-order valence-electron chi connectivity index (χ0n) is 16.7. The number of nitrogens with zero attached hydrogens (tertiary/aromatic N) is 3. The van der Waals surface area contributed by atoms with Gasteiger partial charge in [0.05, 0.1) is 17.8 Å². The Morgan fingerprint density at radius 2 is 1.74 bits per heavy atom. The number of anilines is 1. The quantitative estimate of drug-likeness (QED) is 0.438. The van der Waals surface area contributed by atoms with Crippen LogP contribution in [0.5, 0.6) is 11.5 Å². The smallest absolute Gasteiger partial charge is 0.262 e. The molecule has 1 heterocycles. The van der Waals surface area contributed by atoms with Crippen LogP contribution in [0.15, 0.2) is 54.6 Å². The van der Waals surface area contributed by atoms with E-state index in [9.17, 15) is 4.79 Å². The summed E-state index contributed by atoms with van der Waals surface area (Å²) in [7, 11) is 1.61. The van der Waals surface area contributed by atoms with E-state index in [0.29, 0.717) is 27.0 Å². The number of nitrogens with one attached hydrogen (secondary N) is 1. The highest BCUT2D eigenvalue weighted by Crippen LogP contribution is 2.28. The normalized spacial score (nSPS) is 10.8. The first-order chi connectivity index (χ1) is 14.9. The SMILES string of the molecule is COc1ccc(-n2nc3cc(C)c(NC(=O)COc4ccc(Cl)cc4Cl)cc3n2)cc1. The van der Waals surface area contributed by atoms with E-state index < -0.39 is 0 Å². The fourth-order valence-electron chi connectivity index (χ4n) is 2.96. The molecule has 4 rings (SSSR count). The van der Waals surface area contributed by atoms with Crippen LogP contribution in [0.25, 0.3) is 16.7 Å². The lowest BCUT2D eigenvalue weighted by molar-refractivity contribution is -0.118. The summed E-state index contributed by atoms with van der Waals surface area (Å²) < 4.78 is 10.7. The number of fused-ring (bicyclic) bond motifs is 1. The van der Waals surface area contributed by atoms with E-state index in [-0.39, 0.29) is 12.5 Å². The van der Waals surface area contributed by atoms with Crippen LogP contribution in [0, 0.1) is 6.92 Å². The molecule has 3 aromatic carbocycles. The van der Waals surface area contributed by atoms with Gasteiger partial charge in [-0.15, -0.1) is 10.2 Å². The summed E-state index contributed by atoms with van der Waals surface area (Å²) in [4.78, 5) is 13.9. The lowest BCUT2D eigenvalue weighted by Crippen LogP contribution is -2.20. The van der Waals surface area contributed by atoms with Crippen LogP contribution in [0.4, 0.5) is 5.69 Å². The zero-order chi connectivity index (χ0) is 22.0. The van der Waals surface area contributed by atoms with Gasteiger partial charge in [-0.2, -0.15) is 4.80 Å². The highest BCUT2D eigenvalue weighted by Gasteiger charge is 2.12. The Hall–Kier alpha value is -3.29. The Balaban J connectivity index is 1.49. The van der Waals surface area contributed by atoms with E-state index in [4.69, 9.17) is 32.7 Å². The van der Waals surface area contributed by atoms with Crippen LogP contribution in [-0.2, 0) is 4.79 Å². The number of halogens is 2. The zero-order valence-corrected chi connectivity index (χ0v) is 18.2. The second-order valence-corrected chi connectivity index (χ2v) is 7.60. The van der Waals surface area contributed by atoms with Crippen molar-refractivity contribution in [2.75, 3.05) is 19.0 Å². The lowest BCUT2D eigenvalue weighted by atomic mass is 10.1. The fraction of sp³-hybridized carbons (Fsp3) is 0.136. The third-order valence-corrected chi connectivity index (χ3v) is 5.09. The van der Waals surface area contributed by atoms with Crippen molar-refractivity contribution in [2.45, 2.75) is 6.92 Å². The molecule has 0 atom stereocenters. The molecule has 0 spiro atoms. The van der Waals surface area contributed by atoms with Crippen LogP contribution in [0.2, 0.25) is 10.0 Å². The molecule has 1 N–H and O–H groups in total. The second-order valence-electron chi connectivity index (χ2n) is 6.75. The van der Waals surface area contributed by atoms with E-state index in [1.165, 1.54) is 0 Å². The van der Waals surface area contributed by atoms with Gasteiger partial charge < -0.3 is 14.8 Å². The molecule has 1 amide bonds. The first-order valence-electron chi connectivity index (χ1n) is 9.33. The molecular formula is C22H18Cl2N4O3. The number of hydrogen-bond acceptors (Lipinski definition) is 5. The van der Waals surface area contributed by atoms with Crippen molar-refractivity contribution < 1.29 is 14.3 Å². The van der Waals surface area contributed by atoms with Crippen molar-refractivity contribution in [3.63, 3.8) is 0 Å². The maximum atomic E-state index is 12.4. The van der Waals surface area contributed by atoms with Crippen LogP contribution in [-0.4, -0.2) is 34.6 Å². The standard InChI is InChI=1S/C22H18Cl2N4O3/c1-13-9-19-20(27-28(26-19)15-4-6-16(30-2)7-5-15)11-18(13)25-22(29)12-31-21-8-3-14(23)10-17(21)24/h3-11H,12H2,1-2H3,(H,25,29). The van der Waals surface area contributed by atoms with Gasteiger partial charge in [-0.05, 0) is 67.1 Å². The summed E-state index contributed by atoms with van der Waals surface area (Å²) >= 11 is 11.9. The van der Waals surface area contributed by atoms with Crippen molar-refractivity contribution in [3.05, 3.63) is 70.2 Å². The van der Waals surface area contributed by atoms with Crippen molar-refractivity contribution >= 4 is 45.8 Å². The van der Waals surface area contributed by atoms with E-state index >= 15 is 0 Å². The Kier molecular flexibility index (Phi) is 5.97. The Bertz CT molecular complexity index is 1260. The molecule has 0 bridgehead atoms. The number of carbonyl (C=O) groups excluding carboxylic acids is 1. The molecule has 0 fully saturated rings. The van der Waals surface area contributed by atoms with Gasteiger partial charge in [-0.3, -0.25) is 4.79 Å². The molecule has 0 saturated heterocycles. The monoisotopic (exact) mass is 456 g/mol. The molecule has 4 aromatic rings. The molecule has 0 aliphatic rings. The molecule has 0 radical (unpaired) electrons. The van der Waals surface area contributed by atoms with Crippen LogP contribution in [0.1, 0.15) is 5.56 Å². The molecule has 1 aromatic heterocycles. The molecule has 0 aliphatic heterocycles. The summed E-state index contributed by atoms with van der Waals surface area (Å²) in [5.74, 6) is 0.815. The first kappa shape index (κ1) is 21.0. The number of ether oxygens (including phenoxy) is 2. The third kappa shape index (κ3) is 4.73. The van der Waals surface area contributed by atoms with Crippen LogP contribution in [0.3, 0.4) is 0 Å². The molecule has 158 valence electrons. The Morgan fingerprint density at radius 1 is 1.03 bits per heavy atom. The van der Waals surface area contributed by atoms with Gasteiger partial charge in [-0.25, -0.2) is 0 Å². The van der Waals surface area contributed by atoms with E-state index in [0.717, 1.165) is 22.5 Å². The maximum absolute atomic E-state index is 12.4. The Labute approximate surface area is 188 Å². The van der Waals surface area contributed by atoms with Crippen molar-refractivity contribution in [1.29, 1.82) is 0 Å². The predicted molar refractivity (Wildman–Crippen MR) is 121 cm³/mol. The summed E-state index contributed by atoms with van der Waals surface area (Å²) in [5, 5.41) is 12.7. The van der Waals surface area contributed by atoms with Crippen molar-refractivity contribution in [2.24, 2.45) is 0 Å².